The predicted molar refractivity (Wildman–Crippen MR) is 74.9 cm³/mol. The molecular formula is C13H20N6O. The lowest BCUT2D eigenvalue weighted by Crippen LogP contribution is -2.45. The number of fused-ring (bicyclic) bond motifs is 1. The van der Waals surface area contributed by atoms with Crippen LogP contribution in [0.15, 0.2) is 11.3 Å². The number of nitrogens with two attached hydrogens (primary N) is 1. The predicted octanol–water partition coefficient (Wildman–Crippen LogP) is 0.681. The number of hydrogen-bond donors (Lipinski definition) is 3. The highest BCUT2D eigenvalue weighted by atomic mass is 16.2. The van der Waals surface area contributed by atoms with Crippen LogP contribution in [0, 0.1) is 11.8 Å². The Balaban J connectivity index is 1.53. The number of hydrogen-bond acceptors (Lipinski definition) is 5. The largest absolute Gasteiger partial charge is 0.345 e. The summed E-state index contributed by atoms with van der Waals surface area (Å²) in [6, 6.07) is 0. The first-order chi connectivity index (χ1) is 9.76. The molecule has 2 aliphatic rings. The lowest BCUT2D eigenvalue weighted by molar-refractivity contribution is -0.129. The summed E-state index contributed by atoms with van der Waals surface area (Å²) >= 11 is 0. The average molecular weight is 276 g/mol. The third-order valence-corrected chi connectivity index (χ3v) is 4.15. The van der Waals surface area contributed by atoms with Crippen LogP contribution in [0.3, 0.4) is 0 Å². The van der Waals surface area contributed by atoms with Crippen molar-refractivity contribution >= 4 is 18.1 Å². The Morgan fingerprint density at radius 2 is 2.25 bits per heavy atom. The Morgan fingerprint density at radius 3 is 3.00 bits per heavy atom. The number of nitrogens with one attached hydrogen (secondary N) is 2. The van der Waals surface area contributed by atoms with Crippen LogP contribution in [0.5, 0.6) is 0 Å². The van der Waals surface area contributed by atoms with E-state index in [4.69, 9.17) is 5.73 Å². The fourth-order valence-electron chi connectivity index (χ4n) is 2.84. The maximum absolute atomic E-state index is 12.2. The number of imidazole rings is 1. The Morgan fingerprint density at radius 1 is 1.45 bits per heavy atom. The second-order valence-electron chi connectivity index (χ2n) is 5.51. The van der Waals surface area contributed by atoms with E-state index >= 15 is 0 Å². The summed E-state index contributed by atoms with van der Waals surface area (Å²) in [5.74, 6) is 1.45. The fourth-order valence-corrected chi connectivity index (χ4v) is 2.84. The van der Waals surface area contributed by atoms with Gasteiger partial charge in [-0.25, -0.2) is 9.98 Å². The SMILES string of the molecule is NCC1CCC(C(=O)NN2C=Nc3nc[nH]c3C2)CC1. The summed E-state index contributed by atoms with van der Waals surface area (Å²) in [5.41, 5.74) is 9.51. The van der Waals surface area contributed by atoms with Gasteiger partial charge in [0.1, 0.15) is 6.34 Å². The summed E-state index contributed by atoms with van der Waals surface area (Å²) in [4.78, 5) is 23.5. The molecule has 0 radical (unpaired) electrons. The number of amides is 1. The zero-order valence-corrected chi connectivity index (χ0v) is 11.4. The van der Waals surface area contributed by atoms with Gasteiger partial charge in [-0.2, -0.15) is 0 Å². The molecule has 1 saturated carbocycles. The molecule has 1 fully saturated rings. The molecule has 1 amide bonds. The molecule has 1 aromatic rings. The molecule has 7 nitrogen and oxygen atoms in total. The van der Waals surface area contributed by atoms with E-state index in [1.54, 1.807) is 17.7 Å². The molecule has 0 unspecified atom stereocenters. The number of rotatable bonds is 3. The molecule has 1 aliphatic heterocycles. The van der Waals surface area contributed by atoms with Crippen molar-refractivity contribution in [3.8, 4) is 0 Å². The maximum Gasteiger partial charge on any atom is 0.241 e. The molecular weight excluding hydrogens is 256 g/mol. The Hall–Kier alpha value is -1.89. The van der Waals surface area contributed by atoms with E-state index in [9.17, 15) is 4.79 Å². The molecule has 1 aliphatic carbocycles. The smallest absolute Gasteiger partial charge is 0.241 e. The molecule has 20 heavy (non-hydrogen) atoms. The summed E-state index contributed by atoms with van der Waals surface area (Å²) in [6.45, 7) is 1.30. The van der Waals surface area contributed by atoms with Crippen molar-refractivity contribution in [1.29, 1.82) is 0 Å². The molecule has 0 aromatic carbocycles. The van der Waals surface area contributed by atoms with Gasteiger partial charge < -0.3 is 10.7 Å². The minimum atomic E-state index is 0.0786. The Bertz CT molecular complexity index is 503. The first-order valence-electron chi connectivity index (χ1n) is 7.10. The number of H-pyrrole nitrogens is 1. The van der Waals surface area contributed by atoms with E-state index in [1.165, 1.54) is 0 Å². The van der Waals surface area contributed by atoms with Gasteiger partial charge in [-0.1, -0.05) is 0 Å². The first kappa shape index (κ1) is 13.1. The summed E-state index contributed by atoms with van der Waals surface area (Å²) in [7, 11) is 0. The summed E-state index contributed by atoms with van der Waals surface area (Å²) in [6.07, 6.45) is 7.18. The molecule has 2 heterocycles. The highest BCUT2D eigenvalue weighted by Crippen LogP contribution is 2.28. The standard InChI is InChI=1S/C13H20N6O/c14-5-9-1-3-10(4-2-9)13(20)18-19-6-11-12(17-8-19)16-7-15-11/h7-10H,1-6,14H2,(H,15,16)(H,18,20). The van der Waals surface area contributed by atoms with E-state index in [0.717, 1.165) is 37.9 Å². The van der Waals surface area contributed by atoms with Crippen molar-refractivity contribution in [1.82, 2.24) is 20.4 Å². The topological polar surface area (TPSA) is 99.4 Å². The number of hydrazine groups is 1. The molecule has 0 spiro atoms. The van der Waals surface area contributed by atoms with E-state index in [0.29, 0.717) is 18.3 Å². The lowest BCUT2D eigenvalue weighted by Gasteiger charge is -2.29. The van der Waals surface area contributed by atoms with Gasteiger partial charge >= 0.3 is 0 Å². The zero-order valence-electron chi connectivity index (χ0n) is 11.4. The second kappa shape index (κ2) is 5.62. The van der Waals surface area contributed by atoms with Crippen LogP contribution in [0.1, 0.15) is 31.4 Å². The Kier molecular flexibility index (Phi) is 3.68. The molecule has 3 rings (SSSR count). The quantitative estimate of drug-likeness (QED) is 0.756. The van der Waals surface area contributed by atoms with E-state index in [2.05, 4.69) is 20.4 Å². The van der Waals surface area contributed by atoms with Gasteiger partial charge in [-0.15, -0.1) is 0 Å². The number of carbonyl (C=O) groups is 1. The third kappa shape index (κ3) is 2.67. The number of aromatic nitrogens is 2. The van der Waals surface area contributed by atoms with Gasteiger partial charge in [-0.3, -0.25) is 15.2 Å². The molecule has 7 heteroatoms. The molecule has 0 atom stereocenters. The van der Waals surface area contributed by atoms with E-state index in [-0.39, 0.29) is 11.8 Å². The van der Waals surface area contributed by atoms with Crippen molar-refractivity contribution in [3.63, 3.8) is 0 Å². The average Bonchev–Trinajstić information content (AvgIpc) is 2.95. The van der Waals surface area contributed by atoms with Crippen molar-refractivity contribution in [2.45, 2.75) is 32.2 Å². The van der Waals surface area contributed by atoms with Gasteiger partial charge in [0.05, 0.1) is 18.6 Å². The minimum absolute atomic E-state index is 0.0786. The maximum atomic E-state index is 12.2. The number of aliphatic imine (C=N–C) groups is 1. The zero-order chi connectivity index (χ0) is 13.9. The van der Waals surface area contributed by atoms with E-state index in [1.807, 2.05) is 0 Å². The van der Waals surface area contributed by atoms with Gasteiger partial charge in [0, 0.05) is 5.92 Å². The van der Waals surface area contributed by atoms with Crippen LogP contribution >= 0.6 is 0 Å². The van der Waals surface area contributed by atoms with Gasteiger partial charge in [0.15, 0.2) is 5.82 Å². The first-order valence-corrected chi connectivity index (χ1v) is 7.10. The van der Waals surface area contributed by atoms with Crippen molar-refractivity contribution in [2.75, 3.05) is 6.54 Å². The molecule has 0 saturated heterocycles. The van der Waals surface area contributed by atoms with Crippen LogP contribution in [0.25, 0.3) is 0 Å². The van der Waals surface area contributed by atoms with Crippen LogP contribution in [-0.2, 0) is 11.3 Å². The third-order valence-electron chi connectivity index (χ3n) is 4.15. The van der Waals surface area contributed by atoms with Crippen LogP contribution in [-0.4, -0.2) is 33.8 Å². The van der Waals surface area contributed by atoms with Crippen LogP contribution < -0.4 is 11.2 Å². The molecule has 4 N–H and O–H groups in total. The summed E-state index contributed by atoms with van der Waals surface area (Å²) in [5, 5.41) is 1.71. The highest BCUT2D eigenvalue weighted by Gasteiger charge is 2.27. The highest BCUT2D eigenvalue weighted by molar-refractivity contribution is 5.80. The second-order valence-corrected chi connectivity index (χ2v) is 5.51. The monoisotopic (exact) mass is 276 g/mol. The van der Waals surface area contributed by atoms with Crippen molar-refractivity contribution in [2.24, 2.45) is 22.6 Å². The number of carbonyl (C=O) groups excluding carboxylic acids is 1. The van der Waals surface area contributed by atoms with E-state index < -0.39 is 0 Å². The molecule has 0 bridgehead atoms. The number of aromatic amines is 1. The van der Waals surface area contributed by atoms with Crippen molar-refractivity contribution in [3.05, 3.63) is 12.0 Å². The normalized spacial score (nSPS) is 25.4. The summed E-state index contributed by atoms with van der Waals surface area (Å²) < 4.78 is 0. The molecule has 1 aromatic heterocycles. The van der Waals surface area contributed by atoms with Crippen molar-refractivity contribution < 1.29 is 4.79 Å². The minimum Gasteiger partial charge on any atom is -0.345 e. The van der Waals surface area contributed by atoms with Crippen LogP contribution in [0.4, 0.5) is 5.82 Å². The van der Waals surface area contributed by atoms with Crippen LogP contribution in [0.2, 0.25) is 0 Å². The van der Waals surface area contributed by atoms with Gasteiger partial charge in [0.25, 0.3) is 0 Å². The van der Waals surface area contributed by atoms with Gasteiger partial charge in [-0.05, 0) is 38.1 Å². The fraction of sp³-hybridized carbons (Fsp3) is 0.615. The molecule has 108 valence electrons. The number of nitrogens with zero attached hydrogens (tertiary/aromatic N) is 3. The lowest BCUT2D eigenvalue weighted by atomic mass is 9.82. The van der Waals surface area contributed by atoms with Gasteiger partial charge in [0.2, 0.25) is 5.91 Å². The Labute approximate surface area is 117 Å².